The molecule has 1 atom stereocenters. The normalized spacial score (nSPS) is 12.8. The molecule has 1 N–H and O–H groups in total. The standard InChI is InChI=1S/C11H15ClFNO/c1-3-14-11(7-15-2)9-6-8(12)4-5-10(9)13/h4-6,11,14H,3,7H2,1-2H3. The predicted octanol–water partition coefficient (Wildman–Crippen LogP) is 2.78. The fourth-order valence-electron chi connectivity index (χ4n) is 1.45. The van der Waals surface area contributed by atoms with E-state index in [0.717, 1.165) is 6.54 Å². The average Bonchev–Trinajstić information content (AvgIpc) is 2.21. The molecule has 0 aliphatic rings. The van der Waals surface area contributed by atoms with E-state index in [4.69, 9.17) is 16.3 Å². The lowest BCUT2D eigenvalue weighted by atomic mass is 10.1. The van der Waals surface area contributed by atoms with E-state index in [2.05, 4.69) is 5.32 Å². The Bertz CT molecular complexity index is 313. The molecule has 0 bridgehead atoms. The molecule has 0 saturated carbocycles. The maximum absolute atomic E-state index is 13.5. The van der Waals surface area contributed by atoms with Crippen molar-refractivity contribution >= 4 is 11.6 Å². The van der Waals surface area contributed by atoms with Crippen molar-refractivity contribution in [2.24, 2.45) is 0 Å². The van der Waals surface area contributed by atoms with E-state index in [9.17, 15) is 4.39 Å². The summed E-state index contributed by atoms with van der Waals surface area (Å²) in [6.45, 7) is 3.14. The quantitative estimate of drug-likeness (QED) is 0.842. The van der Waals surface area contributed by atoms with Gasteiger partial charge in [-0.2, -0.15) is 0 Å². The van der Waals surface area contributed by atoms with Gasteiger partial charge in [0.15, 0.2) is 0 Å². The zero-order valence-corrected chi connectivity index (χ0v) is 9.64. The van der Waals surface area contributed by atoms with Crippen LogP contribution in [-0.2, 0) is 4.74 Å². The lowest BCUT2D eigenvalue weighted by Crippen LogP contribution is -2.25. The molecular weight excluding hydrogens is 217 g/mol. The molecule has 15 heavy (non-hydrogen) atoms. The van der Waals surface area contributed by atoms with Crippen LogP contribution in [0.25, 0.3) is 0 Å². The number of rotatable bonds is 5. The van der Waals surface area contributed by atoms with E-state index in [1.54, 1.807) is 13.2 Å². The summed E-state index contributed by atoms with van der Waals surface area (Å²) in [5.41, 5.74) is 0.547. The molecule has 0 fully saturated rings. The van der Waals surface area contributed by atoms with Crippen molar-refractivity contribution in [3.63, 3.8) is 0 Å². The summed E-state index contributed by atoms with van der Waals surface area (Å²) in [4.78, 5) is 0. The Labute approximate surface area is 94.4 Å². The largest absolute Gasteiger partial charge is 0.383 e. The number of nitrogens with one attached hydrogen (secondary N) is 1. The molecule has 0 aliphatic carbocycles. The molecule has 84 valence electrons. The number of hydrogen-bond acceptors (Lipinski definition) is 2. The lowest BCUT2D eigenvalue weighted by Gasteiger charge is -2.18. The summed E-state index contributed by atoms with van der Waals surface area (Å²) in [5.74, 6) is -0.262. The summed E-state index contributed by atoms with van der Waals surface area (Å²) in [5, 5.41) is 3.68. The number of ether oxygens (including phenoxy) is 1. The summed E-state index contributed by atoms with van der Waals surface area (Å²) < 4.78 is 18.5. The first-order valence-corrected chi connectivity index (χ1v) is 5.24. The average molecular weight is 232 g/mol. The molecule has 1 aromatic carbocycles. The highest BCUT2D eigenvalue weighted by Gasteiger charge is 2.14. The third-order valence-corrected chi connectivity index (χ3v) is 2.35. The smallest absolute Gasteiger partial charge is 0.128 e. The van der Waals surface area contributed by atoms with Crippen molar-refractivity contribution in [3.8, 4) is 0 Å². The molecule has 0 saturated heterocycles. The Morgan fingerprint density at radius 2 is 2.27 bits per heavy atom. The minimum Gasteiger partial charge on any atom is -0.383 e. The van der Waals surface area contributed by atoms with Gasteiger partial charge in [0.2, 0.25) is 0 Å². The van der Waals surface area contributed by atoms with Crippen LogP contribution in [-0.4, -0.2) is 20.3 Å². The SMILES string of the molecule is CCNC(COC)c1cc(Cl)ccc1F. The van der Waals surface area contributed by atoms with Gasteiger partial charge in [0.25, 0.3) is 0 Å². The van der Waals surface area contributed by atoms with Crippen LogP contribution < -0.4 is 5.32 Å². The monoisotopic (exact) mass is 231 g/mol. The molecule has 0 aliphatic heterocycles. The highest BCUT2D eigenvalue weighted by atomic mass is 35.5. The number of hydrogen-bond donors (Lipinski definition) is 1. The Morgan fingerprint density at radius 1 is 1.53 bits per heavy atom. The Balaban J connectivity index is 2.93. The third-order valence-electron chi connectivity index (χ3n) is 2.12. The van der Waals surface area contributed by atoms with E-state index in [1.165, 1.54) is 12.1 Å². The van der Waals surface area contributed by atoms with Crippen molar-refractivity contribution in [1.82, 2.24) is 5.32 Å². The fourth-order valence-corrected chi connectivity index (χ4v) is 1.63. The predicted molar refractivity (Wildman–Crippen MR) is 59.7 cm³/mol. The lowest BCUT2D eigenvalue weighted by molar-refractivity contribution is 0.166. The van der Waals surface area contributed by atoms with Crippen LogP contribution in [0.1, 0.15) is 18.5 Å². The number of benzene rings is 1. The van der Waals surface area contributed by atoms with Crippen LogP contribution in [0, 0.1) is 5.82 Å². The number of likely N-dealkylation sites (N-methyl/N-ethyl adjacent to an activating group) is 1. The van der Waals surface area contributed by atoms with Crippen molar-refractivity contribution in [2.75, 3.05) is 20.3 Å². The molecule has 0 aromatic heterocycles. The first-order valence-electron chi connectivity index (χ1n) is 4.86. The minimum atomic E-state index is -0.262. The molecule has 4 heteroatoms. The zero-order valence-electron chi connectivity index (χ0n) is 8.89. The van der Waals surface area contributed by atoms with Crippen LogP contribution in [0.15, 0.2) is 18.2 Å². The molecule has 1 aromatic rings. The van der Waals surface area contributed by atoms with Gasteiger partial charge in [-0.05, 0) is 24.7 Å². The van der Waals surface area contributed by atoms with E-state index in [-0.39, 0.29) is 11.9 Å². The van der Waals surface area contributed by atoms with Crippen LogP contribution in [0.5, 0.6) is 0 Å². The van der Waals surface area contributed by atoms with Gasteiger partial charge in [-0.1, -0.05) is 18.5 Å². The van der Waals surface area contributed by atoms with Gasteiger partial charge < -0.3 is 10.1 Å². The van der Waals surface area contributed by atoms with E-state index in [1.807, 2.05) is 6.92 Å². The highest BCUT2D eigenvalue weighted by Crippen LogP contribution is 2.21. The second-order valence-electron chi connectivity index (χ2n) is 3.23. The minimum absolute atomic E-state index is 0.154. The van der Waals surface area contributed by atoms with E-state index >= 15 is 0 Å². The van der Waals surface area contributed by atoms with Gasteiger partial charge in [-0.15, -0.1) is 0 Å². The Kier molecular flexibility index (Phi) is 5.02. The van der Waals surface area contributed by atoms with Gasteiger partial charge in [0.1, 0.15) is 5.82 Å². The summed E-state index contributed by atoms with van der Waals surface area (Å²) >= 11 is 5.83. The Hall–Kier alpha value is -0.640. The maximum atomic E-state index is 13.5. The summed E-state index contributed by atoms with van der Waals surface area (Å²) in [6.07, 6.45) is 0. The van der Waals surface area contributed by atoms with E-state index < -0.39 is 0 Å². The molecule has 1 unspecified atom stereocenters. The van der Waals surface area contributed by atoms with Gasteiger partial charge >= 0.3 is 0 Å². The van der Waals surface area contributed by atoms with Crippen LogP contribution >= 0.6 is 11.6 Å². The van der Waals surface area contributed by atoms with Crippen LogP contribution in [0.3, 0.4) is 0 Å². The number of methoxy groups -OCH3 is 1. The van der Waals surface area contributed by atoms with Crippen molar-refractivity contribution in [1.29, 1.82) is 0 Å². The maximum Gasteiger partial charge on any atom is 0.128 e. The second-order valence-corrected chi connectivity index (χ2v) is 3.67. The molecule has 0 heterocycles. The zero-order chi connectivity index (χ0) is 11.3. The number of halogens is 2. The van der Waals surface area contributed by atoms with Crippen molar-refractivity contribution in [3.05, 3.63) is 34.6 Å². The molecule has 0 spiro atoms. The molecule has 2 nitrogen and oxygen atoms in total. The third kappa shape index (κ3) is 3.45. The molecule has 0 radical (unpaired) electrons. The van der Waals surface area contributed by atoms with Crippen LogP contribution in [0.4, 0.5) is 4.39 Å². The first kappa shape index (κ1) is 12.4. The van der Waals surface area contributed by atoms with Gasteiger partial charge in [-0.25, -0.2) is 4.39 Å². The van der Waals surface area contributed by atoms with Gasteiger partial charge in [0, 0.05) is 17.7 Å². The van der Waals surface area contributed by atoms with Gasteiger partial charge in [0.05, 0.1) is 12.6 Å². The molecule has 0 amide bonds. The molecule has 1 rings (SSSR count). The topological polar surface area (TPSA) is 21.3 Å². The summed E-state index contributed by atoms with van der Waals surface area (Å²) in [7, 11) is 1.59. The fraction of sp³-hybridized carbons (Fsp3) is 0.455. The van der Waals surface area contributed by atoms with Crippen LogP contribution in [0.2, 0.25) is 5.02 Å². The molecular formula is C11H15ClFNO. The Morgan fingerprint density at radius 3 is 2.87 bits per heavy atom. The van der Waals surface area contributed by atoms with Gasteiger partial charge in [-0.3, -0.25) is 0 Å². The van der Waals surface area contributed by atoms with Crippen molar-refractivity contribution < 1.29 is 9.13 Å². The second kappa shape index (κ2) is 6.05. The van der Waals surface area contributed by atoms with Crippen molar-refractivity contribution in [2.45, 2.75) is 13.0 Å². The first-order chi connectivity index (χ1) is 7.19. The summed E-state index contributed by atoms with van der Waals surface area (Å²) in [6, 6.07) is 4.38. The highest BCUT2D eigenvalue weighted by molar-refractivity contribution is 6.30. The van der Waals surface area contributed by atoms with E-state index in [0.29, 0.717) is 17.2 Å².